The van der Waals surface area contributed by atoms with E-state index in [0.717, 1.165) is 0 Å². The Hall–Kier alpha value is -1.01. The summed E-state index contributed by atoms with van der Waals surface area (Å²) in [6, 6.07) is 2.06. The van der Waals surface area contributed by atoms with Crippen molar-refractivity contribution in [3.8, 4) is 0 Å². The number of hydrogen-bond donors (Lipinski definition) is 1. The van der Waals surface area contributed by atoms with Crippen molar-refractivity contribution in [2.24, 2.45) is 5.92 Å². The molecule has 0 aliphatic carbocycles. The maximum Gasteiger partial charge on any atom is 0.239 e. The van der Waals surface area contributed by atoms with Gasteiger partial charge in [0.2, 0.25) is 11.8 Å². The number of carbonyl (C=O) groups excluding carboxylic acids is 2. The second-order valence-electron chi connectivity index (χ2n) is 5.35. The van der Waals surface area contributed by atoms with Crippen molar-refractivity contribution in [3.63, 3.8) is 0 Å². The molecule has 2 rings (SSSR count). The molecule has 0 unspecified atom stereocenters. The van der Waals surface area contributed by atoms with Crippen LogP contribution in [0.15, 0.2) is 11.4 Å². The van der Waals surface area contributed by atoms with Crippen molar-refractivity contribution in [2.75, 3.05) is 18.8 Å². The third kappa shape index (κ3) is 3.55. The minimum Gasteiger partial charge on any atom is -0.354 e. The average Bonchev–Trinajstić information content (AvgIpc) is 2.95. The van der Waals surface area contributed by atoms with Gasteiger partial charge in [-0.2, -0.15) is 0 Å². The SMILES string of the molecule is Cc1ccsc1[C@H]1SCC(=O)N1CC(=O)NCC(C)C. The third-order valence-electron chi connectivity index (χ3n) is 3.12. The lowest BCUT2D eigenvalue weighted by atomic mass is 10.2. The van der Waals surface area contributed by atoms with Gasteiger partial charge in [-0.3, -0.25) is 9.59 Å². The Kier molecular flexibility index (Phi) is 5.10. The summed E-state index contributed by atoms with van der Waals surface area (Å²) in [6.07, 6.45) is 0. The Morgan fingerprint density at radius 3 is 2.90 bits per heavy atom. The zero-order valence-corrected chi connectivity index (χ0v) is 13.6. The van der Waals surface area contributed by atoms with Gasteiger partial charge < -0.3 is 10.2 Å². The first kappa shape index (κ1) is 15.4. The van der Waals surface area contributed by atoms with Crippen molar-refractivity contribution in [2.45, 2.75) is 26.1 Å². The average molecular weight is 312 g/mol. The lowest BCUT2D eigenvalue weighted by Gasteiger charge is -2.23. The monoisotopic (exact) mass is 312 g/mol. The van der Waals surface area contributed by atoms with E-state index in [1.807, 2.05) is 12.3 Å². The molecule has 1 N–H and O–H groups in total. The summed E-state index contributed by atoms with van der Waals surface area (Å²) >= 11 is 3.26. The minimum atomic E-state index is -0.0752. The van der Waals surface area contributed by atoms with Crippen LogP contribution in [0.1, 0.15) is 29.7 Å². The summed E-state index contributed by atoms with van der Waals surface area (Å²) in [4.78, 5) is 26.8. The number of nitrogens with one attached hydrogen (secondary N) is 1. The molecule has 1 aliphatic rings. The van der Waals surface area contributed by atoms with Crippen LogP contribution in [0.5, 0.6) is 0 Å². The molecule has 0 saturated carbocycles. The molecule has 6 heteroatoms. The van der Waals surface area contributed by atoms with E-state index in [0.29, 0.717) is 18.2 Å². The van der Waals surface area contributed by atoms with E-state index < -0.39 is 0 Å². The van der Waals surface area contributed by atoms with Gasteiger partial charge in [0.25, 0.3) is 0 Å². The number of amides is 2. The summed E-state index contributed by atoms with van der Waals surface area (Å²) in [7, 11) is 0. The van der Waals surface area contributed by atoms with Gasteiger partial charge in [0, 0.05) is 11.4 Å². The Labute approximate surface area is 127 Å². The number of rotatable bonds is 5. The largest absolute Gasteiger partial charge is 0.354 e. The van der Waals surface area contributed by atoms with Crippen LogP contribution >= 0.6 is 23.1 Å². The number of aryl methyl sites for hydroxylation is 1. The Balaban J connectivity index is 2.02. The Morgan fingerprint density at radius 1 is 1.55 bits per heavy atom. The quantitative estimate of drug-likeness (QED) is 0.908. The van der Waals surface area contributed by atoms with E-state index in [1.165, 1.54) is 10.4 Å². The van der Waals surface area contributed by atoms with Crippen molar-refractivity contribution in [1.82, 2.24) is 10.2 Å². The minimum absolute atomic E-state index is 0.00713. The molecule has 1 aliphatic heterocycles. The van der Waals surface area contributed by atoms with E-state index >= 15 is 0 Å². The second-order valence-corrected chi connectivity index (χ2v) is 7.37. The van der Waals surface area contributed by atoms with Crippen molar-refractivity contribution in [3.05, 3.63) is 21.9 Å². The van der Waals surface area contributed by atoms with Crippen LogP contribution in [0.25, 0.3) is 0 Å². The van der Waals surface area contributed by atoms with Crippen LogP contribution in [-0.2, 0) is 9.59 Å². The fraction of sp³-hybridized carbons (Fsp3) is 0.571. The molecule has 20 heavy (non-hydrogen) atoms. The number of thiophene rings is 1. The standard InChI is InChI=1S/C14H20N2O2S2/c1-9(2)6-15-11(17)7-16-12(18)8-20-14(16)13-10(3)4-5-19-13/h4-5,9,14H,6-8H2,1-3H3,(H,15,17)/t14-/m1/s1. The van der Waals surface area contributed by atoms with Gasteiger partial charge in [-0.1, -0.05) is 13.8 Å². The molecular weight excluding hydrogens is 292 g/mol. The molecule has 0 spiro atoms. The number of carbonyl (C=O) groups is 2. The molecular formula is C14H20N2O2S2. The molecule has 1 aromatic rings. The summed E-state index contributed by atoms with van der Waals surface area (Å²) in [5.41, 5.74) is 1.19. The molecule has 0 radical (unpaired) electrons. The van der Waals surface area contributed by atoms with Gasteiger partial charge in [0.15, 0.2) is 0 Å². The first-order valence-electron chi connectivity index (χ1n) is 6.70. The van der Waals surface area contributed by atoms with E-state index in [2.05, 4.69) is 25.2 Å². The number of hydrogen-bond acceptors (Lipinski definition) is 4. The smallest absolute Gasteiger partial charge is 0.239 e. The topological polar surface area (TPSA) is 49.4 Å². The molecule has 110 valence electrons. The van der Waals surface area contributed by atoms with Gasteiger partial charge in [0.1, 0.15) is 11.9 Å². The third-order valence-corrected chi connectivity index (χ3v) is 5.56. The number of thioether (sulfide) groups is 1. The first-order chi connectivity index (χ1) is 9.49. The highest BCUT2D eigenvalue weighted by molar-refractivity contribution is 8.00. The molecule has 1 atom stereocenters. The maximum absolute atomic E-state index is 12.0. The molecule has 1 saturated heterocycles. The summed E-state index contributed by atoms with van der Waals surface area (Å²) < 4.78 is 0. The van der Waals surface area contributed by atoms with E-state index in [4.69, 9.17) is 0 Å². The summed E-state index contributed by atoms with van der Waals surface area (Å²) in [5.74, 6) is 0.846. The molecule has 4 nitrogen and oxygen atoms in total. The van der Waals surface area contributed by atoms with Gasteiger partial charge >= 0.3 is 0 Å². The maximum atomic E-state index is 12.0. The Morgan fingerprint density at radius 2 is 2.30 bits per heavy atom. The second kappa shape index (κ2) is 6.63. The highest BCUT2D eigenvalue weighted by atomic mass is 32.2. The number of nitrogens with zero attached hydrogens (tertiary/aromatic N) is 1. The van der Waals surface area contributed by atoms with Crippen molar-refractivity contribution in [1.29, 1.82) is 0 Å². The van der Waals surface area contributed by atoms with Crippen LogP contribution in [0.4, 0.5) is 0 Å². The van der Waals surface area contributed by atoms with E-state index in [9.17, 15) is 9.59 Å². The van der Waals surface area contributed by atoms with Crippen LogP contribution in [-0.4, -0.2) is 35.6 Å². The fourth-order valence-electron chi connectivity index (χ4n) is 2.01. The van der Waals surface area contributed by atoms with Crippen LogP contribution in [0.3, 0.4) is 0 Å². The predicted octanol–water partition coefficient (Wildman–Crippen LogP) is 2.40. The lowest BCUT2D eigenvalue weighted by molar-refractivity contribution is -0.133. The predicted molar refractivity (Wildman–Crippen MR) is 83.8 cm³/mol. The van der Waals surface area contributed by atoms with Gasteiger partial charge in [0.05, 0.1) is 5.75 Å². The highest BCUT2D eigenvalue weighted by Crippen LogP contribution is 2.41. The van der Waals surface area contributed by atoms with Crippen molar-refractivity contribution >= 4 is 34.9 Å². The molecule has 1 aromatic heterocycles. The summed E-state index contributed by atoms with van der Waals surface area (Å²) in [5, 5.41) is 4.90. The summed E-state index contributed by atoms with van der Waals surface area (Å²) in [6.45, 7) is 6.95. The van der Waals surface area contributed by atoms with Crippen LogP contribution in [0, 0.1) is 12.8 Å². The van der Waals surface area contributed by atoms with E-state index in [1.54, 1.807) is 28.0 Å². The Bertz CT molecular complexity index is 499. The van der Waals surface area contributed by atoms with Gasteiger partial charge in [-0.25, -0.2) is 0 Å². The molecule has 2 amide bonds. The van der Waals surface area contributed by atoms with Gasteiger partial charge in [-0.15, -0.1) is 23.1 Å². The fourth-order valence-corrected chi connectivity index (χ4v) is 4.47. The van der Waals surface area contributed by atoms with Gasteiger partial charge in [-0.05, 0) is 29.9 Å². The van der Waals surface area contributed by atoms with E-state index in [-0.39, 0.29) is 23.7 Å². The van der Waals surface area contributed by atoms with Crippen molar-refractivity contribution < 1.29 is 9.59 Å². The highest BCUT2D eigenvalue weighted by Gasteiger charge is 2.35. The zero-order valence-electron chi connectivity index (χ0n) is 12.0. The first-order valence-corrected chi connectivity index (χ1v) is 8.63. The molecule has 1 fully saturated rings. The molecule has 2 heterocycles. The molecule has 0 bridgehead atoms. The zero-order chi connectivity index (χ0) is 14.7. The van der Waals surface area contributed by atoms with Crippen LogP contribution in [0.2, 0.25) is 0 Å². The molecule has 0 aromatic carbocycles. The lowest BCUT2D eigenvalue weighted by Crippen LogP contribution is -2.40. The van der Waals surface area contributed by atoms with Crippen LogP contribution < -0.4 is 5.32 Å². The normalized spacial score (nSPS) is 18.9.